The van der Waals surface area contributed by atoms with E-state index in [9.17, 15) is 4.79 Å². The van der Waals surface area contributed by atoms with Gasteiger partial charge in [0.2, 0.25) is 8.32 Å². The largest absolute Gasteiger partial charge is 0.543 e. The first kappa shape index (κ1) is 19.9. The van der Waals surface area contributed by atoms with E-state index >= 15 is 0 Å². The summed E-state index contributed by atoms with van der Waals surface area (Å²) in [5, 5.41) is 13.2. The minimum atomic E-state index is -1.85. The fourth-order valence-corrected chi connectivity index (χ4v) is 3.23. The first-order valence-electron chi connectivity index (χ1n) is 8.77. The maximum Gasteiger partial charge on any atom is 0.404 e. The number of hydrogen-bond acceptors (Lipinski definition) is 2. The molecule has 4 nitrogen and oxygen atoms in total. The van der Waals surface area contributed by atoms with Gasteiger partial charge in [-0.25, -0.2) is 4.79 Å². The number of fused-ring (bicyclic) bond motifs is 1. The highest BCUT2D eigenvalue weighted by Gasteiger charge is 2.38. The van der Waals surface area contributed by atoms with E-state index in [0.717, 1.165) is 22.1 Å². The maximum absolute atomic E-state index is 10.4. The van der Waals surface area contributed by atoms with Crippen LogP contribution in [0.2, 0.25) is 18.1 Å². The van der Waals surface area contributed by atoms with Crippen LogP contribution in [0.25, 0.3) is 10.8 Å². The van der Waals surface area contributed by atoms with Crippen molar-refractivity contribution >= 4 is 25.2 Å². The normalized spacial score (nSPS) is 11.6. The van der Waals surface area contributed by atoms with Crippen LogP contribution < -0.4 is 9.74 Å². The van der Waals surface area contributed by atoms with Crippen molar-refractivity contribution in [2.75, 3.05) is 6.54 Å². The fourth-order valence-electron chi connectivity index (χ4n) is 2.21. The van der Waals surface area contributed by atoms with Crippen LogP contribution in [0.15, 0.2) is 36.4 Å². The Morgan fingerprint density at radius 3 is 2.46 bits per heavy atom. The smallest absolute Gasteiger partial charge is 0.404 e. The molecule has 2 aromatic carbocycles. The van der Waals surface area contributed by atoms with E-state index in [1.165, 1.54) is 0 Å². The third-order valence-electron chi connectivity index (χ3n) is 4.75. The molecule has 0 radical (unpaired) electrons. The molecule has 0 atom stereocenters. The second kappa shape index (κ2) is 7.84. The lowest BCUT2D eigenvalue weighted by molar-refractivity contribution is 0.195. The summed E-state index contributed by atoms with van der Waals surface area (Å²) in [4.78, 5) is 10.4. The summed E-state index contributed by atoms with van der Waals surface area (Å²) >= 11 is 0. The van der Waals surface area contributed by atoms with Crippen molar-refractivity contribution in [1.29, 1.82) is 0 Å². The van der Waals surface area contributed by atoms with Crippen molar-refractivity contribution in [3.63, 3.8) is 0 Å². The summed E-state index contributed by atoms with van der Waals surface area (Å²) in [5.74, 6) is 6.98. The molecule has 26 heavy (non-hydrogen) atoms. The molecule has 0 saturated heterocycles. The van der Waals surface area contributed by atoms with Gasteiger partial charge >= 0.3 is 6.09 Å². The van der Waals surface area contributed by atoms with E-state index in [0.29, 0.717) is 13.0 Å². The van der Waals surface area contributed by atoms with Crippen molar-refractivity contribution in [3.05, 3.63) is 42.0 Å². The van der Waals surface area contributed by atoms with E-state index in [4.69, 9.17) is 9.53 Å². The van der Waals surface area contributed by atoms with Gasteiger partial charge < -0.3 is 14.8 Å². The molecule has 0 aliphatic heterocycles. The second-order valence-corrected chi connectivity index (χ2v) is 12.6. The highest BCUT2D eigenvalue weighted by molar-refractivity contribution is 6.74. The zero-order chi connectivity index (χ0) is 19.4. The Bertz CT molecular complexity index is 857. The first-order valence-corrected chi connectivity index (χ1v) is 11.7. The zero-order valence-electron chi connectivity index (χ0n) is 16.1. The Morgan fingerprint density at radius 1 is 1.15 bits per heavy atom. The number of rotatable bonds is 4. The Hall–Kier alpha value is -2.45. The molecule has 2 aromatic rings. The van der Waals surface area contributed by atoms with Crippen LogP contribution in [0.5, 0.6) is 5.75 Å². The number of benzene rings is 2. The number of carbonyl (C=O) groups is 1. The molecule has 0 bridgehead atoms. The minimum absolute atomic E-state index is 0.164. The quantitative estimate of drug-likeness (QED) is 0.440. The molecule has 0 fully saturated rings. The van der Waals surface area contributed by atoms with Gasteiger partial charge in [0.25, 0.3) is 0 Å². The summed E-state index contributed by atoms with van der Waals surface area (Å²) in [7, 11) is -1.85. The number of nitrogens with one attached hydrogen (secondary N) is 1. The summed E-state index contributed by atoms with van der Waals surface area (Å²) < 4.78 is 6.37. The molecular formula is C21H27NO3Si. The Labute approximate surface area is 156 Å². The van der Waals surface area contributed by atoms with E-state index in [2.05, 4.69) is 63.2 Å². The Balaban J connectivity index is 2.13. The Kier molecular flexibility index (Phi) is 5.99. The number of hydrogen-bond donors (Lipinski definition) is 2. The van der Waals surface area contributed by atoms with Gasteiger partial charge in [-0.3, -0.25) is 0 Å². The van der Waals surface area contributed by atoms with Crippen LogP contribution in [0, 0.1) is 11.8 Å². The third-order valence-corrected chi connectivity index (χ3v) is 9.11. The zero-order valence-corrected chi connectivity index (χ0v) is 17.1. The Morgan fingerprint density at radius 2 is 1.81 bits per heavy atom. The van der Waals surface area contributed by atoms with Gasteiger partial charge in [-0.1, -0.05) is 44.7 Å². The molecule has 0 unspecified atom stereocenters. The molecule has 2 N–H and O–H groups in total. The molecular weight excluding hydrogens is 342 g/mol. The van der Waals surface area contributed by atoms with Crippen LogP contribution in [0.4, 0.5) is 4.79 Å². The van der Waals surface area contributed by atoms with Crippen molar-refractivity contribution < 1.29 is 14.3 Å². The fraction of sp³-hybridized carbons (Fsp3) is 0.381. The maximum atomic E-state index is 10.4. The molecule has 2 rings (SSSR count). The van der Waals surface area contributed by atoms with Crippen LogP contribution in [-0.2, 0) is 0 Å². The van der Waals surface area contributed by atoms with Crippen molar-refractivity contribution in [3.8, 4) is 17.6 Å². The van der Waals surface area contributed by atoms with Crippen molar-refractivity contribution in [2.24, 2.45) is 0 Å². The molecule has 0 aliphatic carbocycles. The van der Waals surface area contributed by atoms with Crippen LogP contribution in [-0.4, -0.2) is 26.1 Å². The topological polar surface area (TPSA) is 58.6 Å². The number of amides is 1. The molecule has 0 heterocycles. The molecule has 0 aliphatic rings. The van der Waals surface area contributed by atoms with Gasteiger partial charge in [-0.2, -0.15) is 0 Å². The van der Waals surface area contributed by atoms with Crippen LogP contribution in [0.3, 0.4) is 0 Å². The molecule has 0 saturated carbocycles. The summed E-state index contributed by atoms with van der Waals surface area (Å²) in [6.07, 6.45) is -0.530. The standard InChI is InChI=1S/C21H27NO3Si/c1-21(2,3)26(4,5)25-19-12-11-17-14-16(9-10-18(17)15-19)8-6-7-13-22-20(23)24/h9-12,14-15,22H,7,13H2,1-5H3,(H,23,24). The van der Waals surface area contributed by atoms with Gasteiger partial charge in [0.05, 0.1) is 0 Å². The predicted molar refractivity (Wildman–Crippen MR) is 109 cm³/mol. The van der Waals surface area contributed by atoms with E-state index in [1.54, 1.807) is 0 Å². The summed E-state index contributed by atoms with van der Waals surface area (Å²) in [6.45, 7) is 11.5. The second-order valence-electron chi connectivity index (χ2n) is 7.87. The number of carboxylic acid groups (broad SMARTS) is 1. The average Bonchev–Trinajstić information content (AvgIpc) is 2.53. The predicted octanol–water partition coefficient (Wildman–Crippen LogP) is 5.23. The lowest BCUT2D eigenvalue weighted by Crippen LogP contribution is -2.43. The van der Waals surface area contributed by atoms with Gasteiger partial charge in [-0.15, -0.1) is 0 Å². The van der Waals surface area contributed by atoms with E-state index in [-0.39, 0.29) is 5.04 Å². The molecule has 5 heteroatoms. The van der Waals surface area contributed by atoms with Crippen molar-refractivity contribution in [2.45, 2.75) is 45.3 Å². The molecule has 1 amide bonds. The highest BCUT2D eigenvalue weighted by Crippen LogP contribution is 2.37. The monoisotopic (exact) mass is 369 g/mol. The van der Waals surface area contributed by atoms with E-state index in [1.807, 2.05) is 24.3 Å². The lowest BCUT2D eigenvalue weighted by atomic mass is 10.1. The highest BCUT2D eigenvalue weighted by atomic mass is 28.4. The van der Waals surface area contributed by atoms with Crippen LogP contribution in [0.1, 0.15) is 32.8 Å². The van der Waals surface area contributed by atoms with Gasteiger partial charge in [0, 0.05) is 18.5 Å². The lowest BCUT2D eigenvalue weighted by Gasteiger charge is -2.36. The van der Waals surface area contributed by atoms with Crippen LogP contribution >= 0.6 is 0 Å². The minimum Gasteiger partial charge on any atom is -0.543 e. The van der Waals surface area contributed by atoms with Gasteiger partial charge in [0.1, 0.15) is 5.75 Å². The third kappa shape index (κ3) is 5.27. The SMILES string of the molecule is CC(C)(C)[Si](C)(C)Oc1ccc2cc(C#CCCNC(=O)O)ccc2c1. The molecule has 0 spiro atoms. The van der Waals surface area contributed by atoms with Gasteiger partial charge in [-0.05, 0) is 53.2 Å². The van der Waals surface area contributed by atoms with Crippen molar-refractivity contribution in [1.82, 2.24) is 5.32 Å². The summed E-state index contributed by atoms with van der Waals surface area (Å²) in [6, 6.07) is 12.3. The molecule has 0 aromatic heterocycles. The van der Waals surface area contributed by atoms with E-state index < -0.39 is 14.4 Å². The molecule has 138 valence electrons. The average molecular weight is 370 g/mol. The van der Waals surface area contributed by atoms with Gasteiger partial charge in [0.15, 0.2) is 0 Å². The summed E-state index contributed by atoms with van der Waals surface area (Å²) in [5.41, 5.74) is 0.922. The first-order chi connectivity index (χ1) is 12.1.